The van der Waals surface area contributed by atoms with Gasteiger partial charge in [0.15, 0.2) is 0 Å². The van der Waals surface area contributed by atoms with Crippen LogP contribution in [-0.4, -0.2) is 11.3 Å². The number of hydrogen-bond acceptors (Lipinski definition) is 2. The summed E-state index contributed by atoms with van der Waals surface area (Å²) in [6, 6.07) is 6.06. The summed E-state index contributed by atoms with van der Waals surface area (Å²) in [4.78, 5) is 15.6. The number of nitrogens with zero attached hydrogens (tertiary/aromatic N) is 1. The number of hydrogen-bond donors (Lipinski definition) is 0. The van der Waals surface area contributed by atoms with Crippen molar-refractivity contribution in [1.29, 1.82) is 0 Å². The van der Waals surface area contributed by atoms with Gasteiger partial charge in [0.1, 0.15) is 6.29 Å². The topological polar surface area (TPSA) is 30.0 Å². The van der Waals surface area contributed by atoms with E-state index < -0.39 is 0 Å². The van der Waals surface area contributed by atoms with Crippen LogP contribution in [0.15, 0.2) is 24.4 Å². The van der Waals surface area contributed by atoms with Gasteiger partial charge in [-0.05, 0) is 30.9 Å². The fourth-order valence-corrected chi connectivity index (χ4v) is 3.37. The Labute approximate surface area is 110 Å². The molecule has 2 nitrogen and oxygen atoms in total. The lowest BCUT2D eigenvalue weighted by Crippen LogP contribution is -2.29. The highest BCUT2D eigenvalue weighted by Gasteiger charge is 2.34. The van der Waals surface area contributed by atoms with Crippen molar-refractivity contribution in [1.82, 2.24) is 4.98 Å². The van der Waals surface area contributed by atoms with E-state index in [2.05, 4.69) is 18.0 Å². The van der Waals surface area contributed by atoms with Crippen molar-refractivity contribution >= 4 is 6.29 Å². The van der Waals surface area contributed by atoms with Crippen molar-refractivity contribution < 1.29 is 4.79 Å². The van der Waals surface area contributed by atoms with Crippen LogP contribution in [0.4, 0.5) is 0 Å². The Balaban J connectivity index is 2.23. The van der Waals surface area contributed by atoms with Crippen molar-refractivity contribution in [3.8, 4) is 0 Å². The van der Waals surface area contributed by atoms with Gasteiger partial charge in [-0.25, -0.2) is 0 Å². The van der Waals surface area contributed by atoms with Gasteiger partial charge in [-0.3, -0.25) is 4.98 Å². The van der Waals surface area contributed by atoms with Crippen molar-refractivity contribution in [3.05, 3.63) is 30.1 Å². The molecule has 0 bridgehead atoms. The van der Waals surface area contributed by atoms with E-state index in [0.29, 0.717) is 6.42 Å². The molecule has 0 amide bonds. The monoisotopic (exact) mass is 245 g/mol. The third-order valence-electron chi connectivity index (χ3n) is 4.51. The minimum Gasteiger partial charge on any atom is -0.303 e. The zero-order chi connectivity index (χ0) is 12.8. The Morgan fingerprint density at radius 1 is 1.39 bits per heavy atom. The van der Waals surface area contributed by atoms with Crippen LogP contribution in [0.2, 0.25) is 0 Å². The van der Waals surface area contributed by atoms with Gasteiger partial charge in [-0.2, -0.15) is 0 Å². The molecule has 1 aromatic heterocycles. The molecule has 0 spiro atoms. The van der Waals surface area contributed by atoms with E-state index in [1.807, 2.05) is 18.3 Å². The summed E-state index contributed by atoms with van der Waals surface area (Å²) in [5.74, 6) is 0.784. The van der Waals surface area contributed by atoms with Crippen LogP contribution in [-0.2, 0) is 10.2 Å². The van der Waals surface area contributed by atoms with Gasteiger partial charge in [-0.1, -0.05) is 38.7 Å². The molecule has 1 fully saturated rings. The second-order valence-electron chi connectivity index (χ2n) is 5.57. The normalized spacial score (nSPS) is 19.6. The lowest BCUT2D eigenvalue weighted by molar-refractivity contribution is -0.109. The standard InChI is InChI=1S/C16H23NO/c1-2-16(10-12-18,13-14-7-3-4-8-14)15-9-5-6-11-17-15/h5-6,9,11-12,14H,2-4,7-8,10,13H2,1H3/t16-/m0/s1. The second-order valence-corrected chi connectivity index (χ2v) is 5.57. The van der Waals surface area contributed by atoms with Crippen LogP contribution in [0.25, 0.3) is 0 Å². The number of pyridine rings is 1. The van der Waals surface area contributed by atoms with Crippen LogP contribution in [0.5, 0.6) is 0 Å². The van der Waals surface area contributed by atoms with Gasteiger partial charge in [0.05, 0.1) is 0 Å². The smallest absolute Gasteiger partial charge is 0.120 e. The maximum Gasteiger partial charge on any atom is 0.120 e. The van der Waals surface area contributed by atoms with E-state index >= 15 is 0 Å². The molecule has 18 heavy (non-hydrogen) atoms. The third-order valence-corrected chi connectivity index (χ3v) is 4.51. The Morgan fingerprint density at radius 2 is 2.17 bits per heavy atom. The molecule has 98 valence electrons. The van der Waals surface area contributed by atoms with Gasteiger partial charge < -0.3 is 4.79 Å². The molecule has 0 N–H and O–H groups in total. The third kappa shape index (κ3) is 2.80. The van der Waals surface area contributed by atoms with Crippen LogP contribution < -0.4 is 0 Å². The highest BCUT2D eigenvalue weighted by Crippen LogP contribution is 2.41. The molecule has 0 aromatic carbocycles. The predicted molar refractivity (Wildman–Crippen MR) is 73.5 cm³/mol. The van der Waals surface area contributed by atoms with Crippen LogP contribution in [0, 0.1) is 5.92 Å². The minimum absolute atomic E-state index is 0.0297. The van der Waals surface area contributed by atoms with Crippen molar-refractivity contribution in [2.45, 2.75) is 57.3 Å². The zero-order valence-corrected chi connectivity index (χ0v) is 11.3. The molecule has 1 atom stereocenters. The fourth-order valence-electron chi connectivity index (χ4n) is 3.37. The zero-order valence-electron chi connectivity index (χ0n) is 11.3. The Morgan fingerprint density at radius 3 is 2.72 bits per heavy atom. The first-order chi connectivity index (χ1) is 8.80. The molecule has 1 saturated carbocycles. The van der Waals surface area contributed by atoms with E-state index in [0.717, 1.165) is 30.7 Å². The van der Waals surface area contributed by atoms with Gasteiger partial charge >= 0.3 is 0 Å². The van der Waals surface area contributed by atoms with Gasteiger partial charge in [0.2, 0.25) is 0 Å². The summed E-state index contributed by atoms with van der Waals surface area (Å²) in [7, 11) is 0. The van der Waals surface area contributed by atoms with E-state index in [4.69, 9.17) is 0 Å². The second kappa shape index (κ2) is 6.12. The SMILES string of the molecule is CC[C@](CC=O)(CC1CCCC1)c1ccccn1. The molecular weight excluding hydrogens is 222 g/mol. The molecule has 1 aromatic rings. The molecule has 0 saturated heterocycles. The first-order valence-corrected chi connectivity index (χ1v) is 7.16. The lowest BCUT2D eigenvalue weighted by Gasteiger charge is -2.33. The largest absolute Gasteiger partial charge is 0.303 e. The lowest BCUT2D eigenvalue weighted by atomic mass is 9.72. The van der Waals surface area contributed by atoms with Gasteiger partial charge in [0.25, 0.3) is 0 Å². The van der Waals surface area contributed by atoms with Crippen molar-refractivity contribution in [2.75, 3.05) is 0 Å². The molecular formula is C16H23NO. The summed E-state index contributed by atoms with van der Waals surface area (Å²) < 4.78 is 0. The molecule has 2 heteroatoms. The molecule has 2 rings (SSSR count). The molecule has 0 unspecified atom stereocenters. The summed E-state index contributed by atoms with van der Waals surface area (Å²) >= 11 is 0. The molecule has 0 radical (unpaired) electrons. The highest BCUT2D eigenvalue weighted by atomic mass is 16.1. The van der Waals surface area contributed by atoms with E-state index in [9.17, 15) is 4.79 Å². The average Bonchev–Trinajstić information content (AvgIpc) is 2.92. The number of rotatable bonds is 6. The molecule has 1 heterocycles. The van der Waals surface area contributed by atoms with Crippen LogP contribution in [0.3, 0.4) is 0 Å². The van der Waals surface area contributed by atoms with Crippen molar-refractivity contribution in [2.24, 2.45) is 5.92 Å². The summed E-state index contributed by atoms with van der Waals surface area (Å²) in [6.45, 7) is 2.19. The van der Waals surface area contributed by atoms with E-state index in [1.54, 1.807) is 0 Å². The first-order valence-electron chi connectivity index (χ1n) is 7.16. The maximum atomic E-state index is 11.1. The van der Waals surface area contributed by atoms with E-state index in [-0.39, 0.29) is 5.41 Å². The quantitative estimate of drug-likeness (QED) is 0.711. The molecule has 1 aliphatic rings. The fraction of sp³-hybridized carbons (Fsp3) is 0.625. The van der Waals surface area contributed by atoms with Gasteiger partial charge in [0, 0.05) is 23.7 Å². The number of aldehydes is 1. The predicted octanol–water partition coefficient (Wildman–Crippen LogP) is 3.90. The number of carbonyl (C=O) groups is 1. The molecule has 1 aliphatic carbocycles. The number of carbonyl (C=O) groups excluding carboxylic acids is 1. The summed E-state index contributed by atoms with van der Waals surface area (Å²) in [5, 5.41) is 0. The maximum absolute atomic E-state index is 11.1. The van der Waals surface area contributed by atoms with Crippen molar-refractivity contribution in [3.63, 3.8) is 0 Å². The highest BCUT2D eigenvalue weighted by molar-refractivity contribution is 5.53. The number of aromatic nitrogens is 1. The Hall–Kier alpha value is -1.18. The van der Waals surface area contributed by atoms with Crippen LogP contribution in [0.1, 0.15) is 57.6 Å². The summed E-state index contributed by atoms with van der Waals surface area (Å²) in [5.41, 5.74) is 1.07. The molecule has 0 aliphatic heterocycles. The van der Waals surface area contributed by atoms with Crippen LogP contribution >= 0.6 is 0 Å². The van der Waals surface area contributed by atoms with Gasteiger partial charge in [-0.15, -0.1) is 0 Å². The first kappa shape index (κ1) is 13.3. The summed E-state index contributed by atoms with van der Waals surface area (Å²) in [6.07, 6.45) is 11.0. The van der Waals surface area contributed by atoms with E-state index in [1.165, 1.54) is 25.7 Å². The minimum atomic E-state index is -0.0297. The Kier molecular flexibility index (Phi) is 4.51. The Bertz CT molecular complexity index is 370. The average molecular weight is 245 g/mol.